The summed E-state index contributed by atoms with van der Waals surface area (Å²) in [7, 11) is 0. The molecule has 0 aromatic heterocycles. The molecule has 0 spiro atoms. The first-order valence-corrected chi connectivity index (χ1v) is 10.7. The molecule has 7 nitrogen and oxygen atoms in total. The average Bonchev–Trinajstić information content (AvgIpc) is 2.68. The molecule has 0 saturated carbocycles. The molecule has 30 heavy (non-hydrogen) atoms. The van der Waals surface area contributed by atoms with E-state index in [1.807, 2.05) is 18.2 Å². The maximum Gasteiger partial charge on any atom is 0.514 e. The number of benzene rings is 1. The molecule has 1 N–H and O–H groups in total. The zero-order valence-corrected chi connectivity index (χ0v) is 17.3. The smallest absolute Gasteiger partial charge is 0.426 e. The molecule has 1 aromatic rings. The van der Waals surface area contributed by atoms with E-state index in [1.165, 1.54) is 43.5 Å². The fraction of sp³-hybridized carbons (Fsp3) is 0.522. The lowest BCUT2D eigenvalue weighted by Crippen LogP contribution is -2.19. The lowest BCUT2D eigenvalue weighted by atomic mass is 10.0. The van der Waals surface area contributed by atoms with E-state index in [9.17, 15) is 14.9 Å². The highest BCUT2D eigenvalue weighted by Gasteiger charge is 2.15. The van der Waals surface area contributed by atoms with Crippen molar-refractivity contribution in [3.8, 4) is 5.75 Å². The van der Waals surface area contributed by atoms with Crippen molar-refractivity contribution >= 4 is 11.8 Å². The minimum Gasteiger partial charge on any atom is -0.426 e. The quantitative estimate of drug-likeness (QED) is 0.217. The van der Waals surface area contributed by atoms with E-state index in [1.54, 1.807) is 0 Å². The summed E-state index contributed by atoms with van der Waals surface area (Å²) < 4.78 is 10.2. The molecule has 3 rings (SSSR count). The summed E-state index contributed by atoms with van der Waals surface area (Å²) in [5, 5.41) is 19.7. The standard InChI is InChI=1S/C15H17NO5.C8H14O/c17-15(20-13-6-4-2-1-3-5-7-13)21-14-10-8-12(9-11-14)16(18)19;9-8-6-4-2-1-3-5-7-8/h4,6,8-11,13H,1-3,5,7H2;4,6,8-9H,1-3,5,7H2/b2*6-4+. The summed E-state index contributed by atoms with van der Waals surface area (Å²) in [6, 6.07) is 5.29. The fourth-order valence-electron chi connectivity index (χ4n) is 3.25. The van der Waals surface area contributed by atoms with E-state index >= 15 is 0 Å². The van der Waals surface area contributed by atoms with Gasteiger partial charge in [0.05, 0.1) is 11.0 Å². The summed E-state index contributed by atoms with van der Waals surface area (Å²) in [5.41, 5.74) is -0.0568. The van der Waals surface area contributed by atoms with Gasteiger partial charge < -0.3 is 14.6 Å². The maximum absolute atomic E-state index is 11.7. The second kappa shape index (κ2) is 13.5. The van der Waals surface area contributed by atoms with Crippen molar-refractivity contribution < 1.29 is 24.3 Å². The number of aliphatic hydroxyl groups is 1. The Kier molecular flexibility index (Phi) is 10.7. The molecule has 0 fully saturated rings. The zero-order valence-electron chi connectivity index (χ0n) is 17.3. The van der Waals surface area contributed by atoms with Crippen LogP contribution in [0.25, 0.3) is 0 Å². The van der Waals surface area contributed by atoms with Crippen LogP contribution in [0.2, 0.25) is 0 Å². The van der Waals surface area contributed by atoms with Crippen LogP contribution in [-0.2, 0) is 4.74 Å². The molecule has 164 valence electrons. The van der Waals surface area contributed by atoms with Gasteiger partial charge in [-0.3, -0.25) is 10.1 Å². The minimum atomic E-state index is -0.793. The number of rotatable bonds is 3. The third-order valence-corrected chi connectivity index (χ3v) is 4.94. The summed E-state index contributed by atoms with van der Waals surface area (Å²) in [4.78, 5) is 21.7. The average molecular weight is 418 g/mol. The normalized spacial score (nSPS) is 23.8. The number of allylic oxidation sites excluding steroid dienone is 2. The molecule has 0 amide bonds. The monoisotopic (exact) mass is 417 g/mol. The van der Waals surface area contributed by atoms with Crippen LogP contribution in [0.15, 0.2) is 48.6 Å². The van der Waals surface area contributed by atoms with Crippen LogP contribution in [0.5, 0.6) is 5.75 Å². The SMILES string of the molecule is O=C(Oc1ccc([N+](=O)[O-])cc1)OC1/C=C/CCCCC1.OC1/C=C/CCCCC1. The Morgan fingerprint density at radius 1 is 0.933 bits per heavy atom. The Morgan fingerprint density at radius 3 is 2.23 bits per heavy atom. The minimum absolute atomic E-state index is 0.0568. The van der Waals surface area contributed by atoms with Gasteiger partial charge in [0.15, 0.2) is 0 Å². The molecule has 1 aromatic carbocycles. The van der Waals surface area contributed by atoms with E-state index in [2.05, 4.69) is 6.08 Å². The summed E-state index contributed by atoms with van der Waals surface area (Å²) in [6.07, 6.45) is 17.6. The summed E-state index contributed by atoms with van der Waals surface area (Å²) in [5.74, 6) is 0.223. The Balaban J connectivity index is 0.000000297. The number of nitrogens with zero attached hydrogens (tertiary/aromatic N) is 1. The summed E-state index contributed by atoms with van der Waals surface area (Å²) in [6.45, 7) is 0. The number of hydrogen-bond acceptors (Lipinski definition) is 6. The van der Waals surface area contributed by atoms with Gasteiger partial charge in [-0.05, 0) is 63.2 Å². The van der Waals surface area contributed by atoms with Crippen molar-refractivity contribution in [1.29, 1.82) is 0 Å². The molecule has 2 aliphatic carbocycles. The van der Waals surface area contributed by atoms with Crippen molar-refractivity contribution in [2.75, 3.05) is 0 Å². The molecule has 0 radical (unpaired) electrons. The Labute approximate surface area is 177 Å². The Bertz CT molecular complexity index is 713. The Morgan fingerprint density at radius 2 is 1.57 bits per heavy atom. The van der Waals surface area contributed by atoms with E-state index in [-0.39, 0.29) is 23.6 Å². The number of carbonyl (C=O) groups is 1. The van der Waals surface area contributed by atoms with Crippen LogP contribution in [0.4, 0.5) is 10.5 Å². The highest BCUT2D eigenvalue weighted by Crippen LogP contribution is 2.19. The first-order chi connectivity index (χ1) is 14.5. The number of carbonyl (C=O) groups excluding carboxylic acids is 1. The molecule has 0 bridgehead atoms. The molecule has 0 aliphatic heterocycles. The van der Waals surface area contributed by atoms with Crippen LogP contribution >= 0.6 is 0 Å². The second-order valence-corrected chi connectivity index (χ2v) is 7.46. The van der Waals surface area contributed by atoms with Crippen molar-refractivity contribution in [1.82, 2.24) is 0 Å². The molecular formula is C23H31NO6. The van der Waals surface area contributed by atoms with E-state index in [0.29, 0.717) is 0 Å². The van der Waals surface area contributed by atoms with E-state index in [4.69, 9.17) is 14.6 Å². The van der Waals surface area contributed by atoms with Crippen molar-refractivity contribution in [2.24, 2.45) is 0 Å². The largest absolute Gasteiger partial charge is 0.514 e. The van der Waals surface area contributed by atoms with Crippen molar-refractivity contribution in [3.63, 3.8) is 0 Å². The van der Waals surface area contributed by atoms with Gasteiger partial charge in [0.25, 0.3) is 5.69 Å². The predicted molar refractivity (Wildman–Crippen MR) is 114 cm³/mol. The van der Waals surface area contributed by atoms with Gasteiger partial charge >= 0.3 is 6.16 Å². The van der Waals surface area contributed by atoms with Crippen LogP contribution in [0.1, 0.15) is 64.2 Å². The first-order valence-electron chi connectivity index (χ1n) is 10.7. The lowest BCUT2D eigenvalue weighted by Gasteiger charge is -2.15. The highest BCUT2D eigenvalue weighted by molar-refractivity contribution is 5.64. The van der Waals surface area contributed by atoms with Crippen LogP contribution in [0.3, 0.4) is 0 Å². The molecule has 0 saturated heterocycles. The van der Waals surface area contributed by atoms with Gasteiger partial charge in [0, 0.05) is 12.1 Å². The number of nitro benzene ring substituents is 1. The van der Waals surface area contributed by atoms with Crippen molar-refractivity contribution in [3.05, 3.63) is 58.7 Å². The number of non-ortho nitro benzene ring substituents is 1. The molecule has 2 aliphatic rings. The summed E-state index contributed by atoms with van der Waals surface area (Å²) >= 11 is 0. The molecule has 0 heterocycles. The second-order valence-electron chi connectivity index (χ2n) is 7.46. The molecule has 2 atom stereocenters. The Hall–Kier alpha value is -2.67. The zero-order chi connectivity index (χ0) is 21.6. The lowest BCUT2D eigenvalue weighted by molar-refractivity contribution is -0.384. The van der Waals surface area contributed by atoms with Gasteiger partial charge in [-0.2, -0.15) is 0 Å². The fourth-order valence-corrected chi connectivity index (χ4v) is 3.25. The number of hydrogen-bond donors (Lipinski definition) is 1. The van der Waals surface area contributed by atoms with Gasteiger partial charge in [-0.25, -0.2) is 4.79 Å². The maximum atomic E-state index is 11.7. The number of aliphatic hydroxyl groups excluding tert-OH is 1. The van der Waals surface area contributed by atoms with Crippen LogP contribution in [-0.4, -0.2) is 28.4 Å². The van der Waals surface area contributed by atoms with E-state index < -0.39 is 11.1 Å². The van der Waals surface area contributed by atoms with Gasteiger partial charge in [0.2, 0.25) is 0 Å². The molecule has 7 heteroatoms. The first kappa shape index (κ1) is 23.6. The highest BCUT2D eigenvalue weighted by atomic mass is 16.7. The predicted octanol–water partition coefficient (Wildman–Crippen LogP) is 5.87. The van der Waals surface area contributed by atoms with Crippen molar-refractivity contribution in [2.45, 2.75) is 76.4 Å². The van der Waals surface area contributed by atoms with E-state index in [0.717, 1.165) is 44.9 Å². The third kappa shape index (κ3) is 9.69. The topological polar surface area (TPSA) is 98.9 Å². The van der Waals surface area contributed by atoms with Crippen LogP contribution in [0, 0.1) is 10.1 Å². The van der Waals surface area contributed by atoms with Gasteiger partial charge in [-0.1, -0.05) is 37.5 Å². The number of ether oxygens (including phenoxy) is 2. The van der Waals surface area contributed by atoms with Gasteiger partial charge in [0.1, 0.15) is 11.9 Å². The molecule has 2 unspecified atom stereocenters. The van der Waals surface area contributed by atoms with Crippen LogP contribution < -0.4 is 4.74 Å². The third-order valence-electron chi connectivity index (χ3n) is 4.94. The number of nitro groups is 1. The molecular weight excluding hydrogens is 386 g/mol. The van der Waals surface area contributed by atoms with Gasteiger partial charge in [-0.15, -0.1) is 0 Å².